The van der Waals surface area contributed by atoms with Gasteiger partial charge >= 0.3 is 0 Å². The lowest BCUT2D eigenvalue weighted by molar-refractivity contribution is 0.110. The predicted molar refractivity (Wildman–Crippen MR) is 69.0 cm³/mol. The first kappa shape index (κ1) is 10.8. The summed E-state index contributed by atoms with van der Waals surface area (Å²) in [4.78, 5) is 3.30. The van der Waals surface area contributed by atoms with E-state index < -0.39 is 0 Å². The van der Waals surface area contributed by atoms with Gasteiger partial charge in [-0.2, -0.15) is 0 Å². The summed E-state index contributed by atoms with van der Waals surface area (Å²) in [5.41, 5.74) is 2.54. The number of H-pyrrole nitrogens is 1. The van der Waals surface area contributed by atoms with Crippen molar-refractivity contribution in [3.05, 3.63) is 36.0 Å². The van der Waals surface area contributed by atoms with E-state index in [0.29, 0.717) is 6.10 Å². The summed E-state index contributed by atoms with van der Waals surface area (Å²) in [5, 5.41) is 4.79. The number of hydrogen-bond donors (Lipinski definition) is 2. The van der Waals surface area contributed by atoms with Crippen LogP contribution in [0.5, 0.6) is 0 Å². The molecule has 0 bridgehead atoms. The molecule has 0 spiro atoms. The van der Waals surface area contributed by atoms with E-state index >= 15 is 0 Å². The lowest BCUT2D eigenvalue weighted by atomic mass is 10.1. The van der Waals surface area contributed by atoms with Crippen LogP contribution in [0.2, 0.25) is 0 Å². The van der Waals surface area contributed by atoms with E-state index in [1.807, 2.05) is 0 Å². The lowest BCUT2D eigenvalue weighted by Crippen LogP contribution is -2.25. The minimum Gasteiger partial charge on any atom is -0.377 e. The Morgan fingerprint density at radius 2 is 2.29 bits per heavy atom. The van der Waals surface area contributed by atoms with Gasteiger partial charge in [0.2, 0.25) is 0 Å². The number of ether oxygens (including phenoxy) is 1. The van der Waals surface area contributed by atoms with Gasteiger partial charge in [-0.25, -0.2) is 0 Å². The van der Waals surface area contributed by atoms with Crippen molar-refractivity contribution in [1.29, 1.82) is 0 Å². The molecule has 0 aliphatic carbocycles. The molecular weight excluding hydrogens is 212 g/mol. The van der Waals surface area contributed by atoms with E-state index in [1.54, 1.807) is 0 Å². The Bertz CT molecular complexity index is 486. The number of aromatic nitrogens is 1. The molecule has 2 heterocycles. The summed E-state index contributed by atoms with van der Waals surface area (Å²) in [6.45, 7) is 2.79. The predicted octanol–water partition coefficient (Wildman–Crippen LogP) is 2.44. The van der Waals surface area contributed by atoms with Crippen molar-refractivity contribution < 1.29 is 4.74 Å². The molecule has 0 radical (unpaired) electrons. The summed E-state index contributed by atoms with van der Waals surface area (Å²) >= 11 is 0. The number of para-hydroxylation sites is 1. The third-order valence-corrected chi connectivity index (χ3v) is 3.39. The zero-order chi connectivity index (χ0) is 11.5. The van der Waals surface area contributed by atoms with Crippen LogP contribution >= 0.6 is 0 Å². The first-order valence-electron chi connectivity index (χ1n) is 6.31. The molecule has 2 N–H and O–H groups in total. The third kappa shape index (κ3) is 2.35. The molecule has 17 heavy (non-hydrogen) atoms. The van der Waals surface area contributed by atoms with Gasteiger partial charge in [0.05, 0.1) is 6.10 Å². The van der Waals surface area contributed by atoms with Crippen LogP contribution in [0.15, 0.2) is 30.5 Å². The van der Waals surface area contributed by atoms with Crippen molar-refractivity contribution in [2.45, 2.75) is 25.5 Å². The van der Waals surface area contributed by atoms with Crippen molar-refractivity contribution in [1.82, 2.24) is 10.3 Å². The Kier molecular flexibility index (Phi) is 3.12. The molecule has 1 aliphatic heterocycles. The number of rotatable bonds is 4. The topological polar surface area (TPSA) is 37.0 Å². The third-order valence-electron chi connectivity index (χ3n) is 3.39. The van der Waals surface area contributed by atoms with Crippen molar-refractivity contribution in [3.8, 4) is 0 Å². The highest BCUT2D eigenvalue weighted by Gasteiger charge is 2.14. The van der Waals surface area contributed by atoms with Crippen molar-refractivity contribution in [2.75, 3.05) is 13.2 Å². The maximum atomic E-state index is 5.59. The second kappa shape index (κ2) is 4.90. The SMILES string of the molecule is c1ccc2c(CNC[C@H]3CCCO3)c[nH]c2c1. The first-order valence-corrected chi connectivity index (χ1v) is 6.31. The molecule has 1 aromatic carbocycles. The van der Waals surface area contributed by atoms with Crippen molar-refractivity contribution >= 4 is 10.9 Å². The molecule has 1 aromatic heterocycles. The molecule has 1 saturated heterocycles. The fourth-order valence-corrected chi connectivity index (χ4v) is 2.45. The largest absolute Gasteiger partial charge is 0.377 e. The van der Waals surface area contributed by atoms with Gasteiger partial charge in [0.1, 0.15) is 0 Å². The zero-order valence-corrected chi connectivity index (χ0v) is 9.91. The van der Waals surface area contributed by atoms with Crippen molar-refractivity contribution in [2.24, 2.45) is 0 Å². The van der Waals surface area contributed by atoms with Crippen LogP contribution in [-0.4, -0.2) is 24.2 Å². The molecule has 1 fully saturated rings. The normalized spacial score (nSPS) is 20.1. The highest BCUT2D eigenvalue weighted by atomic mass is 16.5. The minimum absolute atomic E-state index is 0.417. The summed E-state index contributed by atoms with van der Waals surface area (Å²) < 4.78 is 5.59. The molecule has 3 nitrogen and oxygen atoms in total. The molecule has 90 valence electrons. The van der Waals surface area contributed by atoms with Gasteiger partial charge in [-0.3, -0.25) is 0 Å². The van der Waals surface area contributed by atoms with Crippen LogP contribution in [-0.2, 0) is 11.3 Å². The van der Waals surface area contributed by atoms with Gasteiger partial charge in [0, 0.05) is 36.8 Å². The fourth-order valence-electron chi connectivity index (χ4n) is 2.45. The second-order valence-corrected chi connectivity index (χ2v) is 4.63. The monoisotopic (exact) mass is 230 g/mol. The van der Waals surface area contributed by atoms with E-state index in [2.05, 4.69) is 40.8 Å². The summed E-state index contributed by atoms with van der Waals surface area (Å²) in [5.74, 6) is 0. The van der Waals surface area contributed by atoms with E-state index in [0.717, 1.165) is 19.7 Å². The van der Waals surface area contributed by atoms with Crippen LogP contribution in [0.1, 0.15) is 18.4 Å². The summed E-state index contributed by atoms with van der Waals surface area (Å²) in [6, 6.07) is 8.41. The molecular formula is C14H18N2O. The van der Waals surface area contributed by atoms with Crippen LogP contribution in [0.4, 0.5) is 0 Å². The molecule has 0 amide bonds. The fraction of sp³-hybridized carbons (Fsp3) is 0.429. The van der Waals surface area contributed by atoms with E-state index in [4.69, 9.17) is 4.74 Å². The van der Waals surface area contributed by atoms with Crippen LogP contribution in [0, 0.1) is 0 Å². The highest BCUT2D eigenvalue weighted by molar-refractivity contribution is 5.82. The van der Waals surface area contributed by atoms with Crippen molar-refractivity contribution in [3.63, 3.8) is 0 Å². The molecule has 0 unspecified atom stereocenters. The van der Waals surface area contributed by atoms with Crippen LogP contribution < -0.4 is 5.32 Å². The molecule has 1 atom stereocenters. The maximum absolute atomic E-state index is 5.59. The highest BCUT2D eigenvalue weighted by Crippen LogP contribution is 2.17. The first-order chi connectivity index (χ1) is 8.43. The van der Waals surface area contributed by atoms with Gasteiger partial charge < -0.3 is 15.0 Å². The molecule has 3 heteroatoms. The average molecular weight is 230 g/mol. The van der Waals surface area contributed by atoms with E-state index in [9.17, 15) is 0 Å². The number of benzene rings is 1. The van der Waals surface area contributed by atoms with Gasteiger partial charge in [-0.05, 0) is 24.5 Å². The average Bonchev–Trinajstić information content (AvgIpc) is 2.99. The molecule has 1 aliphatic rings. The standard InChI is InChI=1S/C14H18N2O/c1-2-6-14-13(5-1)11(9-16-14)8-15-10-12-4-3-7-17-12/h1-2,5-6,9,12,15-16H,3-4,7-8,10H2/t12-/m1/s1. The Labute approximate surface area is 101 Å². The van der Waals surface area contributed by atoms with Gasteiger partial charge in [0.25, 0.3) is 0 Å². The van der Waals surface area contributed by atoms with E-state index in [1.165, 1.54) is 29.3 Å². The number of aromatic amines is 1. The van der Waals surface area contributed by atoms with Gasteiger partial charge in [-0.1, -0.05) is 18.2 Å². The van der Waals surface area contributed by atoms with Crippen LogP contribution in [0.3, 0.4) is 0 Å². The Balaban J connectivity index is 1.60. The summed E-state index contributed by atoms with van der Waals surface area (Å²) in [7, 11) is 0. The Morgan fingerprint density at radius 1 is 1.35 bits per heavy atom. The maximum Gasteiger partial charge on any atom is 0.0700 e. The zero-order valence-electron chi connectivity index (χ0n) is 9.91. The number of nitrogens with one attached hydrogen (secondary N) is 2. The smallest absolute Gasteiger partial charge is 0.0700 e. The van der Waals surface area contributed by atoms with Gasteiger partial charge in [-0.15, -0.1) is 0 Å². The molecule has 2 aromatic rings. The number of fused-ring (bicyclic) bond motifs is 1. The summed E-state index contributed by atoms with van der Waals surface area (Å²) in [6.07, 6.45) is 4.91. The molecule has 3 rings (SSSR count). The lowest BCUT2D eigenvalue weighted by Gasteiger charge is -2.10. The van der Waals surface area contributed by atoms with Gasteiger partial charge in [0.15, 0.2) is 0 Å². The Hall–Kier alpha value is -1.32. The quantitative estimate of drug-likeness (QED) is 0.846. The Morgan fingerprint density at radius 3 is 3.18 bits per heavy atom. The van der Waals surface area contributed by atoms with Crippen LogP contribution in [0.25, 0.3) is 10.9 Å². The molecule has 0 saturated carbocycles. The number of hydrogen-bond acceptors (Lipinski definition) is 2. The minimum atomic E-state index is 0.417. The van der Waals surface area contributed by atoms with E-state index in [-0.39, 0.29) is 0 Å². The second-order valence-electron chi connectivity index (χ2n) is 4.63.